The Morgan fingerprint density at radius 1 is 1.05 bits per heavy atom. The number of hydrogen-bond acceptors (Lipinski definition) is 3. The third kappa shape index (κ3) is 3.51. The first-order valence-corrected chi connectivity index (χ1v) is 7.93. The van der Waals surface area contributed by atoms with Crippen molar-refractivity contribution >= 4 is 27.1 Å². The van der Waals surface area contributed by atoms with Gasteiger partial charge in [0.15, 0.2) is 0 Å². The Balaban J connectivity index is 2.28. The lowest BCUT2D eigenvalue weighted by Crippen LogP contribution is -2.14. The van der Waals surface area contributed by atoms with Crippen LogP contribution in [0.2, 0.25) is 5.02 Å². The molecule has 2 aromatic carbocycles. The van der Waals surface area contributed by atoms with Crippen LogP contribution in [-0.2, 0) is 16.4 Å². The fourth-order valence-electron chi connectivity index (χ4n) is 1.79. The standard InChI is InChI=1S/C14H12ClF2NO2S/c15-11-6-2-1-5-10(11)9-18-12-7-3-4-8-13(12)21(19,20)14(16)17/h1-8,14,18H,9H2. The van der Waals surface area contributed by atoms with E-state index in [1.165, 1.54) is 12.1 Å². The van der Waals surface area contributed by atoms with Gasteiger partial charge in [-0.05, 0) is 23.8 Å². The minimum Gasteiger partial charge on any atom is -0.380 e. The van der Waals surface area contributed by atoms with Crippen molar-refractivity contribution in [2.24, 2.45) is 0 Å². The van der Waals surface area contributed by atoms with Crippen LogP contribution in [0.3, 0.4) is 0 Å². The summed E-state index contributed by atoms with van der Waals surface area (Å²) < 4.78 is 48.6. The largest absolute Gasteiger partial charge is 0.380 e. The van der Waals surface area contributed by atoms with Gasteiger partial charge in [0.05, 0.1) is 10.6 Å². The van der Waals surface area contributed by atoms with Gasteiger partial charge in [0, 0.05) is 11.6 Å². The van der Waals surface area contributed by atoms with Gasteiger partial charge in [-0.15, -0.1) is 0 Å². The van der Waals surface area contributed by atoms with E-state index in [0.717, 1.165) is 11.6 Å². The van der Waals surface area contributed by atoms with Crippen LogP contribution in [0.1, 0.15) is 5.56 Å². The Kier molecular flexibility index (Phi) is 4.80. The molecule has 0 aromatic heterocycles. The van der Waals surface area contributed by atoms with Gasteiger partial charge < -0.3 is 5.32 Å². The molecule has 2 aromatic rings. The molecule has 0 radical (unpaired) electrons. The number of halogens is 3. The molecular formula is C14H12ClF2NO2S. The Labute approximate surface area is 126 Å². The summed E-state index contributed by atoms with van der Waals surface area (Å²) in [6, 6.07) is 12.6. The number of alkyl halides is 2. The second-order valence-corrected chi connectivity index (χ2v) is 6.54. The van der Waals surface area contributed by atoms with Crippen molar-refractivity contribution in [2.75, 3.05) is 5.32 Å². The number of rotatable bonds is 5. The monoisotopic (exact) mass is 331 g/mol. The molecule has 0 bridgehead atoms. The zero-order chi connectivity index (χ0) is 15.5. The number of hydrogen-bond donors (Lipinski definition) is 1. The predicted octanol–water partition coefficient (Wildman–Crippen LogP) is 3.95. The van der Waals surface area contributed by atoms with Gasteiger partial charge in [-0.3, -0.25) is 0 Å². The second kappa shape index (κ2) is 6.41. The molecule has 0 amide bonds. The lowest BCUT2D eigenvalue weighted by molar-refractivity contribution is 0.235. The molecule has 0 saturated carbocycles. The van der Waals surface area contributed by atoms with Crippen molar-refractivity contribution in [3.05, 3.63) is 59.1 Å². The lowest BCUT2D eigenvalue weighted by atomic mass is 10.2. The molecule has 0 fully saturated rings. The highest BCUT2D eigenvalue weighted by Gasteiger charge is 2.28. The fourth-order valence-corrected chi connectivity index (χ4v) is 2.90. The molecule has 0 saturated heterocycles. The topological polar surface area (TPSA) is 46.2 Å². The van der Waals surface area contributed by atoms with Gasteiger partial charge in [0.1, 0.15) is 0 Å². The van der Waals surface area contributed by atoms with Crippen molar-refractivity contribution < 1.29 is 17.2 Å². The van der Waals surface area contributed by atoms with E-state index in [4.69, 9.17) is 11.6 Å². The number of sulfone groups is 1. The second-order valence-electron chi connectivity index (χ2n) is 4.25. The zero-order valence-electron chi connectivity index (χ0n) is 10.8. The Bertz CT molecular complexity index is 735. The highest BCUT2D eigenvalue weighted by Crippen LogP contribution is 2.27. The Morgan fingerprint density at radius 3 is 2.33 bits per heavy atom. The van der Waals surface area contributed by atoms with E-state index in [2.05, 4.69) is 5.32 Å². The summed E-state index contributed by atoms with van der Waals surface area (Å²) in [5, 5.41) is 3.35. The van der Waals surface area contributed by atoms with E-state index in [-0.39, 0.29) is 12.2 Å². The van der Waals surface area contributed by atoms with Crippen molar-refractivity contribution in [3.8, 4) is 0 Å². The SMILES string of the molecule is O=S(=O)(c1ccccc1NCc1ccccc1Cl)C(F)F. The third-order valence-electron chi connectivity index (χ3n) is 2.86. The molecular weight excluding hydrogens is 320 g/mol. The highest BCUT2D eigenvalue weighted by molar-refractivity contribution is 7.91. The van der Waals surface area contributed by atoms with Crippen LogP contribution in [0.15, 0.2) is 53.4 Å². The normalized spacial score (nSPS) is 11.6. The molecule has 112 valence electrons. The summed E-state index contributed by atoms with van der Waals surface area (Å²) >= 11 is 5.99. The van der Waals surface area contributed by atoms with Crippen LogP contribution in [0, 0.1) is 0 Å². The summed E-state index contributed by atoms with van der Waals surface area (Å²) in [6.07, 6.45) is 0. The molecule has 7 heteroatoms. The molecule has 0 aliphatic rings. The number of anilines is 1. The number of para-hydroxylation sites is 1. The molecule has 0 atom stereocenters. The van der Waals surface area contributed by atoms with Crippen LogP contribution < -0.4 is 5.32 Å². The fraction of sp³-hybridized carbons (Fsp3) is 0.143. The molecule has 0 unspecified atom stereocenters. The maximum Gasteiger partial charge on any atom is 0.341 e. The van der Waals surface area contributed by atoms with E-state index in [1.807, 2.05) is 0 Å². The zero-order valence-corrected chi connectivity index (χ0v) is 12.3. The van der Waals surface area contributed by atoms with Gasteiger partial charge >= 0.3 is 5.76 Å². The van der Waals surface area contributed by atoms with E-state index in [0.29, 0.717) is 5.02 Å². The van der Waals surface area contributed by atoms with Gasteiger partial charge in [-0.25, -0.2) is 8.42 Å². The van der Waals surface area contributed by atoms with Crippen molar-refractivity contribution in [1.29, 1.82) is 0 Å². The van der Waals surface area contributed by atoms with Crippen molar-refractivity contribution in [3.63, 3.8) is 0 Å². The maximum absolute atomic E-state index is 12.7. The third-order valence-corrected chi connectivity index (χ3v) is 4.66. The van der Waals surface area contributed by atoms with Gasteiger partial charge in [-0.1, -0.05) is 41.9 Å². The van der Waals surface area contributed by atoms with E-state index in [1.54, 1.807) is 30.3 Å². The van der Waals surface area contributed by atoms with Gasteiger partial charge in [-0.2, -0.15) is 8.78 Å². The van der Waals surface area contributed by atoms with Gasteiger partial charge in [0.25, 0.3) is 0 Å². The summed E-state index contributed by atoms with van der Waals surface area (Å²) in [5.74, 6) is -3.46. The minimum absolute atomic E-state index is 0.123. The minimum atomic E-state index is -4.65. The van der Waals surface area contributed by atoms with Crippen LogP contribution in [0.4, 0.5) is 14.5 Å². The van der Waals surface area contributed by atoms with Crippen molar-refractivity contribution in [1.82, 2.24) is 0 Å². The molecule has 3 nitrogen and oxygen atoms in total. The summed E-state index contributed by atoms with van der Waals surface area (Å²) in [5.41, 5.74) is 0.862. The van der Waals surface area contributed by atoms with E-state index < -0.39 is 20.5 Å². The Morgan fingerprint density at radius 2 is 1.67 bits per heavy atom. The number of benzene rings is 2. The Hall–Kier alpha value is -1.66. The van der Waals surface area contributed by atoms with Crippen molar-refractivity contribution in [2.45, 2.75) is 17.2 Å². The van der Waals surface area contributed by atoms with Crippen LogP contribution in [0.5, 0.6) is 0 Å². The molecule has 2 rings (SSSR count). The predicted molar refractivity (Wildman–Crippen MR) is 78.4 cm³/mol. The molecule has 0 aliphatic heterocycles. The first-order chi connectivity index (χ1) is 9.93. The maximum atomic E-state index is 12.7. The van der Waals surface area contributed by atoms with Crippen LogP contribution in [-0.4, -0.2) is 14.2 Å². The molecule has 21 heavy (non-hydrogen) atoms. The average molecular weight is 332 g/mol. The average Bonchev–Trinajstić information content (AvgIpc) is 2.46. The van der Waals surface area contributed by atoms with E-state index in [9.17, 15) is 17.2 Å². The van der Waals surface area contributed by atoms with Crippen LogP contribution >= 0.6 is 11.6 Å². The molecule has 0 heterocycles. The van der Waals surface area contributed by atoms with Gasteiger partial charge in [0.2, 0.25) is 9.84 Å². The summed E-state index contributed by atoms with van der Waals surface area (Å²) in [7, 11) is -4.65. The first kappa shape index (κ1) is 15.7. The quantitative estimate of drug-likeness (QED) is 0.902. The van der Waals surface area contributed by atoms with Crippen LogP contribution in [0.25, 0.3) is 0 Å². The summed E-state index contributed by atoms with van der Waals surface area (Å²) in [4.78, 5) is -0.424. The number of nitrogens with one attached hydrogen (secondary N) is 1. The van der Waals surface area contributed by atoms with E-state index >= 15 is 0 Å². The molecule has 0 aliphatic carbocycles. The smallest absolute Gasteiger partial charge is 0.341 e. The summed E-state index contributed by atoms with van der Waals surface area (Å²) in [6.45, 7) is 0.232. The molecule has 0 spiro atoms. The lowest BCUT2D eigenvalue weighted by Gasteiger charge is -2.12. The molecule has 1 N–H and O–H groups in total. The first-order valence-electron chi connectivity index (χ1n) is 6.01. The highest BCUT2D eigenvalue weighted by atomic mass is 35.5.